The number of halogens is 1. The molecule has 1 atom stereocenters. The largest absolute Gasteiger partial charge is 0.481 e. The van der Waals surface area contributed by atoms with Crippen LogP contribution in [-0.4, -0.2) is 34.8 Å². The third-order valence-electron chi connectivity index (χ3n) is 2.41. The first kappa shape index (κ1) is 12.0. The van der Waals surface area contributed by atoms with Gasteiger partial charge in [-0.3, -0.25) is 19.3 Å². The van der Waals surface area contributed by atoms with Crippen LogP contribution in [-0.2, 0) is 9.59 Å². The standard InChI is InChI=1S/C9H7ClN2O4S/c10-7-5(3-13)17-9(11-7)12-2-4(8(15)16)1-6(12)14/h3-4H,1-2H2,(H,15,16). The Kier molecular flexibility index (Phi) is 3.12. The van der Waals surface area contributed by atoms with Crippen molar-refractivity contribution in [3.63, 3.8) is 0 Å². The molecular formula is C9H7ClN2O4S. The Balaban J connectivity index is 2.25. The molecule has 0 spiro atoms. The van der Waals surface area contributed by atoms with Gasteiger partial charge in [0.05, 0.1) is 5.92 Å². The minimum atomic E-state index is -1.01. The number of carbonyl (C=O) groups is 3. The van der Waals surface area contributed by atoms with Gasteiger partial charge in [-0.2, -0.15) is 0 Å². The lowest BCUT2D eigenvalue weighted by Crippen LogP contribution is -2.25. The lowest BCUT2D eigenvalue weighted by Gasteiger charge is -2.10. The van der Waals surface area contributed by atoms with E-state index in [2.05, 4.69) is 4.98 Å². The molecule has 1 amide bonds. The Bertz CT molecular complexity index is 501. The van der Waals surface area contributed by atoms with Crippen molar-refractivity contribution in [2.24, 2.45) is 5.92 Å². The van der Waals surface area contributed by atoms with Crippen LogP contribution >= 0.6 is 22.9 Å². The van der Waals surface area contributed by atoms with E-state index in [1.807, 2.05) is 0 Å². The van der Waals surface area contributed by atoms with E-state index >= 15 is 0 Å². The third kappa shape index (κ3) is 2.16. The predicted molar refractivity (Wildman–Crippen MR) is 60.6 cm³/mol. The van der Waals surface area contributed by atoms with Gasteiger partial charge in [-0.1, -0.05) is 22.9 Å². The summed E-state index contributed by atoms with van der Waals surface area (Å²) in [5.41, 5.74) is 0. The lowest BCUT2D eigenvalue weighted by atomic mass is 10.1. The molecule has 0 saturated carbocycles. The average molecular weight is 275 g/mol. The fourth-order valence-electron chi connectivity index (χ4n) is 1.55. The number of carboxylic acid groups (broad SMARTS) is 1. The van der Waals surface area contributed by atoms with Gasteiger partial charge >= 0.3 is 5.97 Å². The highest BCUT2D eigenvalue weighted by molar-refractivity contribution is 7.17. The number of carbonyl (C=O) groups excluding carboxylic acids is 2. The monoisotopic (exact) mass is 274 g/mol. The summed E-state index contributed by atoms with van der Waals surface area (Å²) in [7, 11) is 0. The van der Waals surface area contributed by atoms with Crippen LogP contribution in [0.25, 0.3) is 0 Å². The molecule has 1 aliphatic rings. The molecule has 0 bridgehead atoms. The highest BCUT2D eigenvalue weighted by atomic mass is 35.5. The van der Waals surface area contributed by atoms with Crippen LogP contribution in [0.5, 0.6) is 0 Å². The molecule has 1 N–H and O–H groups in total. The van der Waals surface area contributed by atoms with Crippen molar-refractivity contribution in [3.05, 3.63) is 10.0 Å². The maximum atomic E-state index is 11.6. The van der Waals surface area contributed by atoms with E-state index in [4.69, 9.17) is 16.7 Å². The van der Waals surface area contributed by atoms with Gasteiger partial charge < -0.3 is 5.11 Å². The molecule has 2 heterocycles. The summed E-state index contributed by atoms with van der Waals surface area (Å²) in [6.45, 7) is 0.0658. The van der Waals surface area contributed by atoms with Crippen LogP contribution in [0.1, 0.15) is 16.1 Å². The second kappa shape index (κ2) is 4.42. The SMILES string of the molecule is O=Cc1sc(N2CC(C(=O)O)CC2=O)nc1Cl. The van der Waals surface area contributed by atoms with Crippen molar-refractivity contribution < 1.29 is 19.5 Å². The number of aldehydes is 1. The van der Waals surface area contributed by atoms with Gasteiger partial charge in [0.15, 0.2) is 16.6 Å². The Morgan fingerprint density at radius 1 is 1.65 bits per heavy atom. The number of hydrogen-bond acceptors (Lipinski definition) is 5. The fraction of sp³-hybridized carbons (Fsp3) is 0.333. The van der Waals surface area contributed by atoms with Crippen molar-refractivity contribution in [3.8, 4) is 0 Å². The highest BCUT2D eigenvalue weighted by Gasteiger charge is 2.36. The molecular weight excluding hydrogens is 268 g/mol. The number of thiazole rings is 1. The summed E-state index contributed by atoms with van der Waals surface area (Å²) >= 11 is 6.66. The molecule has 1 aromatic rings. The third-order valence-corrected chi connectivity index (χ3v) is 3.81. The first-order valence-electron chi connectivity index (χ1n) is 4.67. The molecule has 1 unspecified atom stereocenters. The van der Waals surface area contributed by atoms with Gasteiger partial charge in [-0.15, -0.1) is 0 Å². The number of aliphatic carboxylic acids is 1. The average Bonchev–Trinajstić information content (AvgIpc) is 2.81. The highest BCUT2D eigenvalue weighted by Crippen LogP contribution is 2.32. The number of anilines is 1. The molecule has 8 heteroatoms. The Hall–Kier alpha value is -1.47. The van der Waals surface area contributed by atoms with Crippen LogP contribution in [0.15, 0.2) is 0 Å². The zero-order chi connectivity index (χ0) is 12.6. The van der Waals surface area contributed by atoms with Crippen molar-refractivity contribution in [1.29, 1.82) is 0 Å². The summed E-state index contributed by atoms with van der Waals surface area (Å²) < 4.78 is 0. The van der Waals surface area contributed by atoms with Crippen molar-refractivity contribution in [2.45, 2.75) is 6.42 Å². The van der Waals surface area contributed by atoms with E-state index < -0.39 is 11.9 Å². The topological polar surface area (TPSA) is 87.6 Å². The zero-order valence-corrected chi connectivity index (χ0v) is 9.99. The first-order valence-corrected chi connectivity index (χ1v) is 5.87. The van der Waals surface area contributed by atoms with Gasteiger partial charge in [0.2, 0.25) is 5.91 Å². The second-order valence-corrected chi connectivity index (χ2v) is 4.88. The van der Waals surface area contributed by atoms with Crippen molar-refractivity contribution >= 4 is 46.2 Å². The number of amides is 1. The van der Waals surface area contributed by atoms with Gasteiger partial charge in [-0.05, 0) is 0 Å². The van der Waals surface area contributed by atoms with Crippen molar-refractivity contribution in [1.82, 2.24) is 4.98 Å². The molecule has 2 rings (SSSR count). The molecule has 6 nitrogen and oxygen atoms in total. The van der Waals surface area contributed by atoms with E-state index in [0.717, 1.165) is 11.3 Å². The Labute approximate surface area is 105 Å². The van der Waals surface area contributed by atoms with E-state index in [1.165, 1.54) is 4.90 Å². The molecule has 1 aliphatic heterocycles. The fourth-order valence-corrected chi connectivity index (χ4v) is 2.64. The molecule has 90 valence electrons. The summed E-state index contributed by atoms with van der Waals surface area (Å²) in [6.07, 6.45) is 0.502. The van der Waals surface area contributed by atoms with Gasteiger partial charge in [0.25, 0.3) is 0 Å². The molecule has 0 radical (unpaired) electrons. The number of aromatic nitrogens is 1. The van der Waals surface area contributed by atoms with Crippen LogP contribution in [0.2, 0.25) is 5.15 Å². The summed E-state index contributed by atoms with van der Waals surface area (Å²) in [5, 5.41) is 9.13. The van der Waals surface area contributed by atoms with Crippen LogP contribution < -0.4 is 4.90 Å². The molecule has 1 fully saturated rings. The zero-order valence-electron chi connectivity index (χ0n) is 8.42. The van der Waals surface area contributed by atoms with Gasteiger partial charge in [0, 0.05) is 13.0 Å². The van der Waals surface area contributed by atoms with Crippen LogP contribution in [0.3, 0.4) is 0 Å². The summed E-state index contributed by atoms with van der Waals surface area (Å²) in [4.78, 5) is 38.3. The molecule has 1 aromatic heterocycles. The van der Waals surface area contributed by atoms with Crippen molar-refractivity contribution in [2.75, 3.05) is 11.4 Å². The van der Waals surface area contributed by atoms with Gasteiger partial charge in [-0.25, -0.2) is 4.98 Å². The molecule has 17 heavy (non-hydrogen) atoms. The number of carboxylic acids is 1. The second-order valence-electron chi connectivity index (χ2n) is 3.51. The molecule has 0 aliphatic carbocycles. The Morgan fingerprint density at radius 3 is 2.82 bits per heavy atom. The number of hydrogen-bond donors (Lipinski definition) is 1. The van der Waals surface area contributed by atoms with Crippen LogP contribution in [0.4, 0.5) is 5.13 Å². The van der Waals surface area contributed by atoms with E-state index in [9.17, 15) is 14.4 Å². The quantitative estimate of drug-likeness (QED) is 0.832. The number of nitrogens with zero attached hydrogens (tertiary/aromatic N) is 2. The smallest absolute Gasteiger partial charge is 0.308 e. The lowest BCUT2D eigenvalue weighted by molar-refractivity contribution is -0.141. The first-order chi connectivity index (χ1) is 8.02. The van der Waals surface area contributed by atoms with Gasteiger partial charge in [0.1, 0.15) is 4.88 Å². The maximum absolute atomic E-state index is 11.6. The number of rotatable bonds is 3. The van der Waals surface area contributed by atoms with Crippen LogP contribution in [0, 0.1) is 5.92 Å². The predicted octanol–water partition coefficient (Wildman–Crippen LogP) is 1.05. The summed E-state index contributed by atoms with van der Waals surface area (Å²) in [5.74, 6) is -2.07. The Morgan fingerprint density at radius 2 is 2.35 bits per heavy atom. The van der Waals surface area contributed by atoms with E-state index in [0.29, 0.717) is 6.29 Å². The van der Waals surface area contributed by atoms with E-state index in [1.54, 1.807) is 0 Å². The minimum absolute atomic E-state index is 0.0339. The molecule has 1 saturated heterocycles. The molecule has 0 aromatic carbocycles. The van der Waals surface area contributed by atoms with E-state index in [-0.39, 0.29) is 34.0 Å². The summed E-state index contributed by atoms with van der Waals surface area (Å²) in [6, 6.07) is 0. The maximum Gasteiger partial charge on any atom is 0.308 e. The normalized spacial score (nSPS) is 19.7. The minimum Gasteiger partial charge on any atom is -0.481 e.